The molecule has 0 fully saturated rings. The van der Waals surface area contributed by atoms with Crippen molar-refractivity contribution in [2.24, 2.45) is 0 Å². The maximum atomic E-state index is 6.28. The molecule has 0 aliphatic rings. The molecule has 1 N–H and O–H groups in total. The van der Waals surface area contributed by atoms with Crippen LogP contribution in [0.1, 0.15) is 43.4 Å². The van der Waals surface area contributed by atoms with Crippen LogP contribution in [0.25, 0.3) is 0 Å². The van der Waals surface area contributed by atoms with Gasteiger partial charge < -0.3 is 9.73 Å². The predicted octanol–water partition coefficient (Wildman–Crippen LogP) is 5.43. The second-order valence-electron chi connectivity index (χ2n) is 5.07. The number of hydrogen-bond donors (Lipinski definition) is 1. The lowest BCUT2D eigenvalue weighted by atomic mass is 10.0. The minimum Gasteiger partial charge on any atom is -0.464 e. The number of hydrogen-bond acceptors (Lipinski definition) is 2. The van der Waals surface area contributed by atoms with E-state index in [-0.39, 0.29) is 6.04 Å². The van der Waals surface area contributed by atoms with Crippen LogP contribution in [0.2, 0.25) is 10.0 Å². The van der Waals surface area contributed by atoms with Crippen molar-refractivity contribution in [3.05, 3.63) is 57.5 Å². The molecule has 114 valence electrons. The summed E-state index contributed by atoms with van der Waals surface area (Å²) in [7, 11) is 0. The zero-order chi connectivity index (χ0) is 15.2. The summed E-state index contributed by atoms with van der Waals surface area (Å²) in [4.78, 5) is 0. The standard InChI is InChI=1S/C17H21Cl2NO/c1-3-10-20-16(17-9-8-12(4-2)21-17)11-13-14(18)6-5-7-15(13)19/h5-9,16,20H,3-4,10-11H2,1-2H3. The summed E-state index contributed by atoms with van der Waals surface area (Å²) in [6.45, 7) is 5.16. The molecule has 2 aromatic rings. The van der Waals surface area contributed by atoms with E-state index in [1.54, 1.807) is 0 Å². The van der Waals surface area contributed by atoms with Crippen molar-refractivity contribution in [2.75, 3.05) is 6.54 Å². The molecule has 0 saturated carbocycles. The van der Waals surface area contributed by atoms with E-state index in [4.69, 9.17) is 27.6 Å². The Kier molecular flexibility index (Phi) is 6.16. The summed E-state index contributed by atoms with van der Waals surface area (Å²) in [5.41, 5.74) is 0.962. The Morgan fingerprint density at radius 2 is 1.81 bits per heavy atom. The second-order valence-corrected chi connectivity index (χ2v) is 5.88. The maximum Gasteiger partial charge on any atom is 0.121 e. The molecule has 0 saturated heterocycles. The molecule has 0 bridgehead atoms. The van der Waals surface area contributed by atoms with Crippen molar-refractivity contribution in [1.82, 2.24) is 5.32 Å². The molecule has 0 aliphatic carbocycles. The highest BCUT2D eigenvalue weighted by Crippen LogP contribution is 2.30. The van der Waals surface area contributed by atoms with Crippen molar-refractivity contribution >= 4 is 23.2 Å². The van der Waals surface area contributed by atoms with Crippen molar-refractivity contribution in [2.45, 2.75) is 39.2 Å². The summed E-state index contributed by atoms with van der Waals surface area (Å²) in [6.07, 6.45) is 2.68. The van der Waals surface area contributed by atoms with E-state index in [9.17, 15) is 0 Å². The van der Waals surface area contributed by atoms with E-state index >= 15 is 0 Å². The number of rotatable bonds is 7. The summed E-state index contributed by atoms with van der Waals surface area (Å²) in [5.74, 6) is 1.94. The minimum atomic E-state index is 0.0858. The van der Waals surface area contributed by atoms with Crippen LogP contribution >= 0.6 is 23.2 Å². The van der Waals surface area contributed by atoms with Crippen molar-refractivity contribution in [3.63, 3.8) is 0 Å². The average Bonchev–Trinajstić information content (AvgIpc) is 2.95. The van der Waals surface area contributed by atoms with Crippen LogP contribution in [0.15, 0.2) is 34.7 Å². The fourth-order valence-electron chi connectivity index (χ4n) is 2.30. The molecule has 4 heteroatoms. The van der Waals surface area contributed by atoms with E-state index in [0.29, 0.717) is 10.0 Å². The Hall–Kier alpha value is -0.960. The van der Waals surface area contributed by atoms with Crippen LogP contribution in [0.5, 0.6) is 0 Å². The first-order valence-electron chi connectivity index (χ1n) is 7.40. The van der Waals surface area contributed by atoms with Gasteiger partial charge in [0.25, 0.3) is 0 Å². The van der Waals surface area contributed by atoms with Gasteiger partial charge in [-0.1, -0.05) is 43.1 Å². The lowest BCUT2D eigenvalue weighted by molar-refractivity contribution is 0.392. The van der Waals surface area contributed by atoms with Gasteiger partial charge in [0.2, 0.25) is 0 Å². The number of halogens is 2. The highest BCUT2D eigenvalue weighted by molar-refractivity contribution is 6.36. The molecule has 0 radical (unpaired) electrons. The first-order chi connectivity index (χ1) is 10.2. The van der Waals surface area contributed by atoms with Crippen LogP contribution in [0.4, 0.5) is 0 Å². The van der Waals surface area contributed by atoms with E-state index in [1.165, 1.54) is 0 Å². The molecule has 1 heterocycles. The molecule has 2 nitrogen and oxygen atoms in total. The summed E-state index contributed by atoms with van der Waals surface area (Å²) in [5, 5.41) is 4.92. The lowest BCUT2D eigenvalue weighted by Gasteiger charge is -2.18. The number of aryl methyl sites for hydroxylation is 1. The lowest BCUT2D eigenvalue weighted by Crippen LogP contribution is -2.24. The minimum absolute atomic E-state index is 0.0858. The molecule has 1 aromatic heterocycles. The molecule has 1 aromatic carbocycles. The van der Waals surface area contributed by atoms with Crippen molar-refractivity contribution in [1.29, 1.82) is 0 Å². The third kappa shape index (κ3) is 4.26. The van der Waals surface area contributed by atoms with Crippen LogP contribution in [-0.2, 0) is 12.8 Å². The highest BCUT2D eigenvalue weighted by atomic mass is 35.5. The van der Waals surface area contributed by atoms with Gasteiger partial charge in [-0.2, -0.15) is 0 Å². The molecule has 1 atom stereocenters. The quantitative estimate of drug-likeness (QED) is 0.734. The molecular formula is C17H21Cl2NO. The van der Waals surface area contributed by atoms with Gasteiger partial charge in [0.15, 0.2) is 0 Å². The Morgan fingerprint density at radius 3 is 2.38 bits per heavy atom. The zero-order valence-corrected chi connectivity index (χ0v) is 14.0. The van der Waals surface area contributed by atoms with Gasteiger partial charge >= 0.3 is 0 Å². The Balaban J connectivity index is 2.23. The van der Waals surface area contributed by atoms with Crippen LogP contribution in [0, 0.1) is 0 Å². The number of furan rings is 1. The van der Waals surface area contributed by atoms with Crippen LogP contribution < -0.4 is 5.32 Å². The summed E-state index contributed by atoms with van der Waals surface area (Å²) < 4.78 is 5.90. The monoisotopic (exact) mass is 325 g/mol. The van der Waals surface area contributed by atoms with Gasteiger partial charge in [-0.25, -0.2) is 0 Å². The maximum absolute atomic E-state index is 6.28. The van der Waals surface area contributed by atoms with Crippen molar-refractivity contribution < 1.29 is 4.42 Å². The molecule has 0 aliphatic heterocycles. The first-order valence-corrected chi connectivity index (χ1v) is 8.16. The number of nitrogens with one attached hydrogen (secondary N) is 1. The third-order valence-electron chi connectivity index (χ3n) is 3.49. The predicted molar refractivity (Wildman–Crippen MR) is 89.3 cm³/mol. The van der Waals surface area contributed by atoms with E-state index < -0.39 is 0 Å². The van der Waals surface area contributed by atoms with E-state index in [1.807, 2.05) is 30.3 Å². The fraction of sp³-hybridized carbons (Fsp3) is 0.412. The van der Waals surface area contributed by atoms with Gasteiger partial charge in [-0.05, 0) is 49.2 Å². The molecular weight excluding hydrogens is 305 g/mol. The third-order valence-corrected chi connectivity index (χ3v) is 4.19. The van der Waals surface area contributed by atoms with E-state index in [2.05, 4.69) is 19.2 Å². The van der Waals surface area contributed by atoms with E-state index in [0.717, 1.165) is 42.9 Å². The topological polar surface area (TPSA) is 25.2 Å². The fourth-order valence-corrected chi connectivity index (χ4v) is 2.85. The Bertz CT molecular complexity index is 560. The average molecular weight is 326 g/mol. The molecule has 2 rings (SSSR count). The second kappa shape index (κ2) is 7.88. The Morgan fingerprint density at radius 1 is 1.10 bits per heavy atom. The van der Waals surface area contributed by atoms with Crippen molar-refractivity contribution in [3.8, 4) is 0 Å². The molecule has 0 spiro atoms. The molecule has 0 amide bonds. The summed E-state index contributed by atoms with van der Waals surface area (Å²) >= 11 is 12.6. The molecule has 21 heavy (non-hydrogen) atoms. The SMILES string of the molecule is CCCNC(Cc1c(Cl)cccc1Cl)c1ccc(CC)o1. The van der Waals surface area contributed by atoms with Crippen LogP contribution in [0.3, 0.4) is 0 Å². The van der Waals surface area contributed by atoms with Gasteiger partial charge in [-0.15, -0.1) is 0 Å². The molecule has 1 unspecified atom stereocenters. The van der Waals surface area contributed by atoms with Crippen LogP contribution in [-0.4, -0.2) is 6.54 Å². The van der Waals surface area contributed by atoms with Gasteiger partial charge in [0.05, 0.1) is 6.04 Å². The largest absolute Gasteiger partial charge is 0.464 e. The highest BCUT2D eigenvalue weighted by Gasteiger charge is 2.18. The Labute approximate surface area is 136 Å². The number of benzene rings is 1. The normalized spacial score (nSPS) is 12.6. The van der Waals surface area contributed by atoms with Gasteiger partial charge in [0, 0.05) is 16.5 Å². The van der Waals surface area contributed by atoms with Gasteiger partial charge in [0.1, 0.15) is 11.5 Å². The zero-order valence-electron chi connectivity index (χ0n) is 12.5. The summed E-state index contributed by atoms with van der Waals surface area (Å²) in [6, 6.07) is 9.77. The smallest absolute Gasteiger partial charge is 0.121 e. The first kappa shape index (κ1) is 16.4. The van der Waals surface area contributed by atoms with Gasteiger partial charge in [-0.3, -0.25) is 0 Å².